The Labute approximate surface area is 542 Å². The van der Waals surface area contributed by atoms with Crippen LogP contribution in [0.4, 0.5) is 26.7 Å². The minimum atomic E-state index is -2.65. The van der Waals surface area contributed by atoms with Crippen LogP contribution in [0, 0.1) is 29.1 Å². The van der Waals surface area contributed by atoms with Crippen LogP contribution in [0.2, 0.25) is 0 Å². The molecule has 3 aromatic rings. The van der Waals surface area contributed by atoms with Crippen LogP contribution in [0.1, 0.15) is 86.3 Å². The number of nitrogens with one attached hydrogen (secondary N) is 3. The Balaban J connectivity index is 1.34. The summed E-state index contributed by atoms with van der Waals surface area (Å²) in [6.07, 6.45) is -29.2. The molecule has 0 bridgehead atoms. The Morgan fingerprint density at radius 1 is 0.479 bits per heavy atom. The van der Waals surface area contributed by atoms with Gasteiger partial charge in [-0.3, -0.25) is 43.2 Å². The van der Waals surface area contributed by atoms with Crippen molar-refractivity contribution in [2.45, 2.75) is 179 Å². The molecule has 0 saturated carbocycles. The fourth-order valence-electron chi connectivity index (χ4n) is 11.1. The summed E-state index contributed by atoms with van der Waals surface area (Å²) in [6.45, 7) is 6.36. The number of hydrogen-bond donors (Lipinski definition) is 4. The molecule has 17 atom stereocenters. The molecule has 3 aliphatic heterocycles. The van der Waals surface area contributed by atoms with Crippen molar-refractivity contribution < 1.29 is 151 Å². The molecule has 35 heteroatoms. The Kier molecular flexibility index (Phi) is 25.3. The van der Waals surface area contributed by atoms with Gasteiger partial charge in [-0.15, -0.1) is 0 Å². The third-order valence-electron chi connectivity index (χ3n) is 14.8. The second-order valence-electron chi connectivity index (χ2n) is 22.1. The predicted octanol–water partition coefficient (Wildman–Crippen LogP) is 2.33. The molecule has 96 heavy (non-hydrogen) atoms. The third-order valence-corrected chi connectivity index (χ3v) is 14.8. The first-order chi connectivity index (χ1) is 45.3. The molecule has 3 amide bonds. The zero-order chi connectivity index (χ0) is 70.7. The molecule has 4 N–H and O–H groups in total. The number of carbonyl (C=O) groups is 11. The van der Waals surface area contributed by atoms with Crippen molar-refractivity contribution in [3.63, 3.8) is 0 Å². The second-order valence-corrected chi connectivity index (χ2v) is 22.1. The number of aliphatic hydroxyl groups excluding tert-OH is 1. The molecule has 0 radical (unpaired) electrons. The van der Waals surface area contributed by atoms with Gasteiger partial charge >= 0.3 is 53.8 Å². The lowest BCUT2D eigenvalue weighted by molar-refractivity contribution is -0.353. The molecular weight excluding hydrogens is 1300 g/mol. The van der Waals surface area contributed by atoms with E-state index in [0.717, 1.165) is 80.4 Å². The number of esters is 8. The van der Waals surface area contributed by atoms with E-state index in [1.54, 1.807) is 36.4 Å². The molecule has 3 aromatic carbocycles. The van der Waals surface area contributed by atoms with Gasteiger partial charge in [-0.05, 0) is 29.2 Å². The van der Waals surface area contributed by atoms with Crippen molar-refractivity contribution in [2.24, 2.45) is 0 Å². The van der Waals surface area contributed by atoms with Crippen molar-refractivity contribution in [1.29, 1.82) is 0 Å². The molecule has 0 aromatic heterocycles. The highest BCUT2D eigenvalue weighted by Gasteiger charge is 2.58. The van der Waals surface area contributed by atoms with E-state index in [0.29, 0.717) is 11.1 Å². The minimum absolute atomic E-state index is 0.466. The quantitative estimate of drug-likeness (QED) is 0.0250. The summed E-state index contributed by atoms with van der Waals surface area (Å²) in [7, 11) is 0. The third kappa shape index (κ3) is 18.3. The summed E-state index contributed by atoms with van der Waals surface area (Å²) in [6, 6.07) is 7.85. The molecule has 7 rings (SSSR count). The highest BCUT2D eigenvalue weighted by Crippen LogP contribution is 2.45. The van der Waals surface area contributed by atoms with Gasteiger partial charge in [0.25, 0.3) is 0 Å². The standard InChI is InChI=1S/C61H68F5N3O27/c1-23(46(57(80)95-52-44(65)42(63)41(62)43(64)45(52)66)69-61(81)85-19-37-35-17-13-11-15-33(35)34-16-12-14-18-36(34)37)86-59-47(67-24(2)70)53(96-60-56(91-32(10)78)55(90-31(9)77)51(88-29(7)75)40(94-60)22-83-27(5)73)49(79)38(92-59)20-84-58-48(68-25(3)71)54(89-30(8)76)50(87-28(6)74)39(93-58)21-82-26(4)72/h11-18,23,37-40,46-51,53-56,58-60,79H,19-22H2,1-10H3,(H,67,70)(H,68,71)(H,69,81)/t23-,38-,39-,40-,46+,47-,48-,49+,50-,51+,53-,54-,55+,56-,58-,59+,60+/m1/s1. The molecule has 524 valence electrons. The zero-order valence-corrected chi connectivity index (χ0v) is 52.8. The minimum Gasteiger partial charge on any atom is -0.463 e. The van der Waals surface area contributed by atoms with E-state index in [2.05, 4.69) is 16.0 Å². The van der Waals surface area contributed by atoms with Crippen LogP contribution in [-0.4, -0.2) is 201 Å². The summed E-state index contributed by atoms with van der Waals surface area (Å²) in [5.41, 5.74) is 2.95. The fraction of sp³-hybridized carbons (Fsp3) is 0.525. The van der Waals surface area contributed by atoms with Crippen molar-refractivity contribution in [1.82, 2.24) is 16.0 Å². The van der Waals surface area contributed by atoms with Crippen LogP contribution in [0.15, 0.2) is 48.5 Å². The SMILES string of the molecule is CC(=O)N[C@H]1[C@H](OC[C@H]2O[C@H](O[C@H](C)[C@H](NC(=O)OCC3c4ccccc4-c4ccccc43)C(=O)Oc3c(F)c(F)c(F)c(F)c3F)[C@H](NC(C)=O)[C@@H](O[C@@H]3O[C@H](COC(C)=O)[C@H](OC(C)=O)[C@H](OC(C)=O)[C@H]3OC(C)=O)[C@H]2O)O[C@H](COC(C)=O)[C@@H](OC(C)=O)[C@@H]1OC(C)=O. The highest BCUT2D eigenvalue weighted by molar-refractivity contribution is 5.84. The molecule has 3 saturated heterocycles. The number of hydrogen-bond acceptors (Lipinski definition) is 27. The summed E-state index contributed by atoms with van der Waals surface area (Å²) in [5, 5.41) is 19.7. The number of ether oxygens (including phenoxy) is 15. The second kappa shape index (κ2) is 32.6. The first-order valence-electron chi connectivity index (χ1n) is 29.3. The number of alkyl carbamates (subject to hydrolysis) is 1. The Morgan fingerprint density at radius 2 is 0.906 bits per heavy atom. The molecule has 3 heterocycles. The van der Waals surface area contributed by atoms with E-state index in [1.807, 2.05) is 12.1 Å². The van der Waals surface area contributed by atoms with Crippen molar-refractivity contribution in [3.8, 4) is 16.9 Å². The Bertz CT molecular complexity index is 3360. The highest BCUT2D eigenvalue weighted by atomic mass is 19.2. The number of amides is 3. The lowest BCUT2D eigenvalue weighted by atomic mass is 9.94. The van der Waals surface area contributed by atoms with E-state index >= 15 is 8.78 Å². The van der Waals surface area contributed by atoms with Crippen LogP contribution in [0.25, 0.3) is 11.1 Å². The Morgan fingerprint density at radius 3 is 1.40 bits per heavy atom. The first-order valence-corrected chi connectivity index (χ1v) is 29.3. The van der Waals surface area contributed by atoms with E-state index in [9.17, 15) is 71.0 Å². The smallest absolute Gasteiger partial charge is 0.407 e. The van der Waals surface area contributed by atoms with Gasteiger partial charge < -0.3 is 92.1 Å². The molecule has 4 aliphatic rings. The predicted molar refractivity (Wildman–Crippen MR) is 303 cm³/mol. The number of aliphatic hydroxyl groups is 1. The largest absolute Gasteiger partial charge is 0.463 e. The molecule has 3 fully saturated rings. The molecule has 0 unspecified atom stereocenters. The summed E-state index contributed by atoms with van der Waals surface area (Å²) < 4.78 is 160. The van der Waals surface area contributed by atoms with Gasteiger partial charge in [-0.25, -0.2) is 22.8 Å². The average Bonchev–Trinajstić information content (AvgIpc) is 1.60. The normalized spacial score (nSPS) is 26.5. The zero-order valence-electron chi connectivity index (χ0n) is 52.8. The van der Waals surface area contributed by atoms with Gasteiger partial charge in [0.05, 0.1) is 12.7 Å². The summed E-state index contributed by atoms with van der Waals surface area (Å²) >= 11 is 0. The van der Waals surface area contributed by atoms with Crippen LogP contribution < -0.4 is 20.7 Å². The van der Waals surface area contributed by atoms with Crippen LogP contribution in [0.5, 0.6) is 5.75 Å². The molecule has 30 nitrogen and oxygen atoms in total. The molecular formula is C61H68F5N3O27. The lowest BCUT2D eigenvalue weighted by Crippen LogP contribution is -2.70. The number of carbonyl (C=O) groups excluding carboxylic acids is 11. The maximum atomic E-state index is 15.3. The van der Waals surface area contributed by atoms with Crippen LogP contribution in [0.3, 0.4) is 0 Å². The van der Waals surface area contributed by atoms with Gasteiger partial charge in [0.1, 0.15) is 62.4 Å². The lowest BCUT2D eigenvalue weighted by Gasteiger charge is -2.49. The van der Waals surface area contributed by atoms with E-state index in [1.165, 1.54) is 0 Å². The van der Waals surface area contributed by atoms with Crippen LogP contribution >= 0.6 is 0 Å². The van der Waals surface area contributed by atoms with Gasteiger partial charge in [0, 0.05) is 68.2 Å². The summed E-state index contributed by atoms with van der Waals surface area (Å²) in [4.78, 5) is 143. The van der Waals surface area contributed by atoms with E-state index in [4.69, 9.17) is 71.1 Å². The van der Waals surface area contributed by atoms with Crippen molar-refractivity contribution in [2.75, 3.05) is 26.4 Å². The molecule has 1 aliphatic carbocycles. The van der Waals surface area contributed by atoms with Crippen LogP contribution in [-0.2, 0) is 114 Å². The van der Waals surface area contributed by atoms with Crippen molar-refractivity contribution in [3.05, 3.63) is 88.7 Å². The number of benzene rings is 3. The fourth-order valence-corrected chi connectivity index (χ4v) is 11.1. The Hall–Kier alpha value is -9.00. The summed E-state index contributed by atoms with van der Waals surface area (Å²) in [5.74, 6) is -26.8. The van der Waals surface area contributed by atoms with E-state index in [-0.39, 0.29) is 0 Å². The molecule has 0 spiro atoms. The first kappa shape index (κ1) is 74.4. The topological polar surface area (TPSA) is 383 Å². The maximum Gasteiger partial charge on any atom is 0.407 e. The van der Waals surface area contributed by atoms with Crippen molar-refractivity contribution >= 4 is 65.7 Å². The van der Waals surface area contributed by atoms with E-state index < -0.39 is 237 Å². The average molecular weight is 1370 g/mol. The number of fused-ring (bicyclic) bond motifs is 3. The van der Waals surface area contributed by atoms with Gasteiger partial charge in [-0.1, -0.05) is 48.5 Å². The maximum absolute atomic E-state index is 15.3. The number of halogens is 5. The number of rotatable bonds is 24. The van der Waals surface area contributed by atoms with Gasteiger partial charge in [-0.2, -0.15) is 8.78 Å². The van der Waals surface area contributed by atoms with Gasteiger partial charge in [0.15, 0.2) is 55.4 Å². The van der Waals surface area contributed by atoms with Gasteiger partial charge in [0.2, 0.25) is 46.6 Å². The monoisotopic (exact) mass is 1370 g/mol.